The van der Waals surface area contributed by atoms with Gasteiger partial charge in [-0.05, 0) is 24.4 Å². The normalized spacial score (nSPS) is 10.6. The molecule has 0 atom stereocenters. The van der Waals surface area contributed by atoms with Crippen LogP contribution in [0, 0.1) is 0 Å². The fourth-order valence-corrected chi connectivity index (χ4v) is 2.69. The van der Waals surface area contributed by atoms with Crippen LogP contribution >= 0.6 is 15.9 Å². The lowest BCUT2D eigenvalue weighted by Gasteiger charge is -2.11. The van der Waals surface area contributed by atoms with E-state index in [-0.39, 0.29) is 0 Å². The summed E-state index contributed by atoms with van der Waals surface area (Å²) in [6.07, 6.45) is 1.56. The largest absolute Gasteiger partial charge is 0.370 e. The molecule has 106 valence electrons. The summed E-state index contributed by atoms with van der Waals surface area (Å²) < 4.78 is 1.08. The predicted molar refractivity (Wildman–Crippen MR) is 91.1 cm³/mol. The third-order valence-corrected chi connectivity index (χ3v) is 3.85. The maximum atomic E-state index is 4.27. The second-order valence-corrected chi connectivity index (χ2v) is 5.44. The van der Waals surface area contributed by atoms with E-state index in [4.69, 9.17) is 0 Å². The summed E-state index contributed by atoms with van der Waals surface area (Å²) in [5, 5.41) is 8.86. The highest BCUT2D eigenvalue weighted by atomic mass is 79.9. The molecule has 0 aliphatic rings. The van der Waals surface area contributed by atoms with Gasteiger partial charge in [0.05, 0.1) is 0 Å². The highest BCUT2D eigenvalue weighted by molar-refractivity contribution is 9.10. The van der Waals surface area contributed by atoms with Gasteiger partial charge >= 0.3 is 0 Å². The summed E-state index contributed by atoms with van der Waals surface area (Å²) in [4.78, 5) is 8.45. The molecule has 0 radical (unpaired) electrons. The van der Waals surface area contributed by atoms with Gasteiger partial charge in [-0.15, -0.1) is 0 Å². The number of nitrogens with zero attached hydrogens (tertiary/aromatic N) is 2. The van der Waals surface area contributed by atoms with E-state index in [2.05, 4.69) is 48.7 Å². The zero-order valence-corrected chi connectivity index (χ0v) is 13.2. The smallest absolute Gasteiger partial charge is 0.135 e. The van der Waals surface area contributed by atoms with Gasteiger partial charge in [-0.25, -0.2) is 9.97 Å². The lowest BCUT2D eigenvalue weighted by atomic mass is 10.1. The van der Waals surface area contributed by atoms with Gasteiger partial charge in [0.1, 0.15) is 18.0 Å². The Bertz CT molecular complexity index is 773. The molecule has 0 saturated carbocycles. The standard InChI is InChI=1S/C16H15BrN4/c1-2-18-15-9-16(20-10-19-15)21-14-8-7-13(17)11-5-3-4-6-12(11)14/h3-10H,2H2,1H3,(H2,18,19,20,21). The third kappa shape index (κ3) is 2.97. The fraction of sp³-hybridized carbons (Fsp3) is 0.125. The van der Waals surface area contributed by atoms with E-state index in [1.54, 1.807) is 6.33 Å². The molecule has 21 heavy (non-hydrogen) atoms. The minimum Gasteiger partial charge on any atom is -0.370 e. The molecule has 1 aromatic heterocycles. The number of nitrogens with one attached hydrogen (secondary N) is 2. The van der Waals surface area contributed by atoms with Gasteiger partial charge in [0.25, 0.3) is 0 Å². The van der Waals surface area contributed by atoms with Crippen LogP contribution in [-0.4, -0.2) is 16.5 Å². The molecule has 0 saturated heterocycles. The van der Waals surface area contributed by atoms with Gasteiger partial charge in [-0.3, -0.25) is 0 Å². The summed E-state index contributed by atoms with van der Waals surface area (Å²) in [5.41, 5.74) is 1.02. The van der Waals surface area contributed by atoms with Gasteiger partial charge in [0.15, 0.2) is 0 Å². The lowest BCUT2D eigenvalue weighted by molar-refractivity contribution is 1.11. The highest BCUT2D eigenvalue weighted by Gasteiger charge is 2.05. The van der Waals surface area contributed by atoms with Crippen molar-refractivity contribution in [1.29, 1.82) is 0 Å². The van der Waals surface area contributed by atoms with Crippen LogP contribution in [-0.2, 0) is 0 Å². The average Bonchev–Trinajstić information content (AvgIpc) is 2.51. The molecule has 1 heterocycles. The predicted octanol–water partition coefficient (Wildman–Crippen LogP) is 4.57. The van der Waals surface area contributed by atoms with Crippen LogP contribution in [0.1, 0.15) is 6.92 Å². The maximum Gasteiger partial charge on any atom is 0.135 e. The molecule has 0 bridgehead atoms. The Morgan fingerprint density at radius 2 is 1.76 bits per heavy atom. The van der Waals surface area contributed by atoms with E-state index < -0.39 is 0 Å². The number of halogens is 1. The summed E-state index contributed by atoms with van der Waals surface area (Å²) >= 11 is 3.59. The van der Waals surface area contributed by atoms with Crippen LogP contribution in [0.4, 0.5) is 17.3 Å². The molecule has 0 unspecified atom stereocenters. The van der Waals surface area contributed by atoms with Crippen LogP contribution in [0.25, 0.3) is 10.8 Å². The number of rotatable bonds is 4. The zero-order chi connectivity index (χ0) is 14.7. The van der Waals surface area contributed by atoms with Crippen molar-refractivity contribution >= 4 is 44.0 Å². The first kappa shape index (κ1) is 13.8. The first-order valence-electron chi connectivity index (χ1n) is 6.78. The van der Waals surface area contributed by atoms with Crippen LogP contribution in [0.5, 0.6) is 0 Å². The third-order valence-electron chi connectivity index (χ3n) is 3.16. The van der Waals surface area contributed by atoms with Crippen molar-refractivity contribution in [3.8, 4) is 0 Å². The molecule has 3 aromatic rings. The summed E-state index contributed by atoms with van der Waals surface area (Å²) in [6.45, 7) is 2.87. The van der Waals surface area contributed by atoms with E-state index in [0.717, 1.165) is 33.7 Å². The Kier molecular flexibility index (Phi) is 4.01. The van der Waals surface area contributed by atoms with Gasteiger partial charge in [0.2, 0.25) is 0 Å². The zero-order valence-electron chi connectivity index (χ0n) is 11.6. The van der Waals surface area contributed by atoms with Crippen molar-refractivity contribution in [3.63, 3.8) is 0 Å². The van der Waals surface area contributed by atoms with E-state index >= 15 is 0 Å². The van der Waals surface area contributed by atoms with Gasteiger partial charge in [-0.1, -0.05) is 40.2 Å². The monoisotopic (exact) mass is 342 g/mol. The van der Waals surface area contributed by atoms with Gasteiger partial charge in [0, 0.05) is 28.2 Å². The SMILES string of the molecule is CCNc1cc(Nc2ccc(Br)c3ccccc23)ncn1. The summed E-state index contributed by atoms with van der Waals surface area (Å²) in [5.74, 6) is 1.59. The van der Waals surface area contributed by atoms with Crippen molar-refractivity contribution in [2.75, 3.05) is 17.2 Å². The van der Waals surface area contributed by atoms with Crippen LogP contribution in [0.2, 0.25) is 0 Å². The molecule has 3 rings (SSSR count). The maximum absolute atomic E-state index is 4.27. The Hall–Kier alpha value is -2.14. The topological polar surface area (TPSA) is 49.8 Å². The van der Waals surface area contributed by atoms with Crippen LogP contribution in [0.3, 0.4) is 0 Å². The summed E-state index contributed by atoms with van der Waals surface area (Å²) in [7, 11) is 0. The number of anilines is 3. The number of hydrogen-bond acceptors (Lipinski definition) is 4. The molecule has 4 nitrogen and oxygen atoms in total. The molecule has 5 heteroatoms. The Morgan fingerprint density at radius 1 is 1.00 bits per heavy atom. The van der Waals surface area contributed by atoms with Crippen molar-refractivity contribution in [2.24, 2.45) is 0 Å². The minimum absolute atomic E-state index is 0.772. The van der Waals surface area contributed by atoms with Crippen molar-refractivity contribution in [2.45, 2.75) is 6.92 Å². The van der Waals surface area contributed by atoms with Crippen molar-refractivity contribution in [1.82, 2.24) is 9.97 Å². The van der Waals surface area contributed by atoms with Gasteiger partial charge in [-0.2, -0.15) is 0 Å². The number of benzene rings is 2. The Balaban J connectivity index is 1.98. The molecular weight excluding hydrogens is 328 g/mol. The molecule has 2 N–H and O–H groups in total. The number of hydrogen-bond donors (Lipinski definition) is 2. The lowest BCUT2D eigenvalue weighted by Crippen LogP contribution is -2.01. The molecule has 0 spiro atoms. The molecule has 0 aliphatic carbocycles. The van der Waals surface area contributed by atoms with Crippen molar-refractivity contribution in [3.05, 3.63) is 53.3 Å². The molecule has 0 aliphatic heterocycles. The molecule has 0 amide bonds. The van der Waals surface area contributed by atoms with E-state index in [9.17, 15) is 0 Å². The first-order valence-corrected chi connectivity index (χ1v) is 7.57. The van der Waals surface area contributed by atoms with E-state index in [1.165, 1.54) is 5.39 Å². The van der Waals surface area contributed by atoms with Crippen molar-refractivity contribution < 1.29 is 0 Å². The highest BCUT2D eigenvalue weighted by Crippen LogP contribution is 2.31. The Morgan fingerprint density at radius 3 is 2.57 bits per heavy atom. The molecular formula is C16H15BrN4. The Labute approximate surface area is 131 Å². The number of fused-ring (bicyclic) bond motifs is 1. The van der Waals surface area contributed by atoms with E-state index in [0.29, 0.717) is 0 Å². The van der Waals surface area contributed by atoms with Crippen LogP contribution < -0.4 is 10.6 Å². The second-order valence-electron chi connectivity index (χ2n) is 4.58. The first-order chi connectivity index (χ1) is 10.3. The van der Waals surface area contributed by atoms with Gasteiger partial charge < -0.3 is 10.6 Å². The van der Waals surface area contributed by atoms with Crippen LogP contribution in [0.15, 0.2) is 53.3 Å². The molecule has 2 aromatic carbocycles. The quantitative estimate of drug-likeness (QED) is 0.729. The number of aromatic nitrogens is 2. The molecule has 0 fully saturated rings. The second kappa shape index (κ2) is 6.10. The van der Waals surface area contributed by atoms with E-state index in [1.807, 2.05) is 37.3 Å². The summed E-state index contributed by atoms with van der Waals surface area (Å²) in [6, 6.07) is 14.2. The minimum atomic E-state index is 0.772. The fourth-order valence-electron chi connectivity index (χ4n) is 2.21. The average molecular weight is 343 g/mol.